The van der Waals surface area contributed by atoms with Gasteiger partial charge in [-0.25, -0.2) is 4.98 Å². The third-order valence-corrected chi connectivity index (χ3v) is 5.99. The van der Waals surface area contributed by atoms with Gasteiger partial charge in [0.25, 0.3) is 5.91 Å². The lowest BCUT2D eigenvalue weighted by Gasteiger charge is -2.13. The molecule has 0 aliphatic heterocycles. The maximum Gasteiger partial charge on any atom is 0.255 e. The first-order valence-corrected chi connectivity index (χ1v) is 10.9. The molecule has 3 rings (SSSR count). The van der Waals surface area contributed by atoms with E-state index >= 15 is 0 Å². The molecular formula is C22H21N3O2S2. The summed E-state index contributed by atoms with van der Waals surface area (Å²) in [5.74, 6) is 0.412. The fourth-order valence-electron chi connectivity index (χ4n) is 2.61. The van der Waals surface area contributed by atoms with Gasteiger partial charge in [-0.05, 0) is 37.3 Å². The van der Waals surface area contributed by atoms with Crippen LogP contribution in [0.5, 0.6) is 5.75 Å². The molecule has 0 saturated carbocycles. The van der Waals surface area contributed by atoms with Crippen LogP contribution >= 0.6 is 23.1 Å². The molecule has 1 atom stereocenters. The summed E-state index contributed by atoms with van der Waals surface area (Å²) < 4.78 is 5.78. The fraction of sp³-hybridized carbons (Fsp3) is 0.227. The average Bonchev–Trinajstić information content (AvgIpc) is 3.13. The largest absolute Gasteiger partial charge is 0.487 e. The van der Waals surface area contributed by atoms with E-state index in [2.05, 4.69) is 16.4 Å². The fourth-order valence-corrected chi connectivity index (χ4v) is 4.20. The molecule has 1 N–H and O–H groups in total. The minimum absolute atomic E-state index is 0.143. The molecule has 0 radical (unpaired) electrons. The summed E-state index contributed by atoms with van der Waals surface area (Å²) in [6.45, 7) is 4.32. The van der Waals surface area contributed by atoms with Gasteiger partial charge in [-0.1, -0.05) is 25.1 Å². The molecular weight excluding hydrogens is 402 g/mol. The predicted octanol–water partition coefficient (Wildman–Crippen LogP) is 5.68. The second-order valence-corrected chi connectivity index (χ2v) is 8.96. The number of hydrogen-bond acceptors (Lipinski definition) is 6. The molecule has 1 aromatic heterocycles. The second kappa shape index (κ2) is 10.1. The highest BCUT2D eigenvalue weighted by Gasteiger charge is 2.12. The number of thioether (sulfide) groups is 1. The molecule has 7 heteroatoms. The number of ether oxygens (including phenoxy) is 1. The van der Waals surface area contributed by atoms with Gasteiger partial charge in [0.2, 0.25) is 0 Å². The first kappa shape index (κ1) is 20.9. The van der Waals surface area contributed by atoms with Gasteiger partial charge in [0.1, 0.15) is 12.4 Å². The monoisotopic (exact) mass is 423 g/mol. The highest BCUT2D eigenvalue weighted by atomic mass is 32.2. The minimum Gasteiger partial charge on any atom is -0.487 e. The van der Waals surface area contributed by atoms with Crippen LogP contribution in [0.15, 0.2) is 58.8 Å². The van der Waals surface area contributed by atoms with Gasteiger partial charge in [-0.2, -0.15) is 5.26 Å². The van der Waals surface area contributed by atoms with E-state index in [-0.39, 0.29) is 11.2 Å². The summed E-state index contributed by atoms with van der Waals surface area (Å²) in [4.78, 5) is 18.1. The Hall–Kier alpha value is -2.82. The summed E-state index contributed by atoms with van der Waals surface area (Å²) in [6.07, 6.45) is 0.449. The number of nitriles is 1. The lowest BCUT2D eigenvalue weighted by molar-refractivity contribution is 0.102. The van der Waals surface area contributed by atoms with Gasteiger partial charge in [0.05, 0.1) is 22.5 Å². The first-order valence-electron chi connectivity index (χ1n) is 9.13. The maximum absolute atomic E-state index is 12.8. The number of anilines is 1. The van der Waals surface area contributed by atoms with Crippen molar-refractivity contribution in [3.05, 3.63) is 70.2 Å². The van der Waals surface area contributed by atoms with Crippen molar-refractivity contribution in [3.8, 4) is 11.8 Å². The van der Waals surface area contributed by atoms with E-state index in [0.717, 1.165) is 21.3 Å². The van der Waals surface area contributed by atoms with Crippen molar-refractivity contribution in [2.75, 3.05) is 5.32 Å². The number of thiazole rings is 1. The molecule has 0 saturated heterocycles. The van der Waals surface area contributed by atoms with E-state index in [1.54, 1.807) is 41.3 Å². The Labute approximate surface area is 178 Å². The third-order valence-electron chi connectivity index (χ3n) is 3.99. The van der Waals surface area contributed by atoms with Gasteiger partial charge < -0.3 is 10.1 Å². The number of aromatic nitrogens is 1. The predicted molar refractivity (Wildman–Crippen MR) is 118 cm³/mol. The molecule has 1 unspecified atom stereocenters. The van der Waals surface area contributed by atoms with Crippen molar-refractivity contribution in [2.24, 2.45) is 0 Å². The number of rotatable bonds is 8. The van der Waals surface area contributed by atoms with Crippen LogP contribution in [-0.4, -0.2) is 16.1 Å². The molecule has 29 heavy (non-hydrogen) atoms. The van der Waals surface area contributed by atoms with Crippen LogP contribution in [0.3, 0.4) is 0 Å². The number of para-hydroxylation sites is 1. The first-order chi connectivity index (χ1) is 14.0. The summed E-state index contributed by atoms with van der Waals surface area (Å²) in [7, 11) is 0. The van der Waals surface area contributed by atoms with Gasteiger partial charge >= 0.3 is 0 Å². The normalized spacial score (nSPS) is 11.5. The molecule has 148 valence electrons. The van der Waals surface area contributed by atoms with Crippen molar-refractivity contribution >= 4 is 34.7 Å². The molecule has 1 amide bonds. The Morgan fingerprint density at radius 1 is 1.31 bits per heavy atom. The number of carbonyl (C=O) groups is 1. The van der Waals surface area contributed by atoms with E-state index in [4.69, 9.17) is 10.00 Å². The van der Waals surface area contributed by atoms with E-state index < -0.39 is 0 Å². The van der Waals surface area contributed by atoms with Crippen molar-refractivity contribution in [3.63, 3.8) is 0 Å². The van der Waals surface area contributed by atoms with Gasteiger partial charge in [-0.15, -0.1) is 23.1 Å². The van der Waals surface area contributed by atoms with Crippen molar-refractivity contribution in [2.45, 2.75) is 37.0 Å². The number of nitrogens with zero attached hydrogens (tertiary/aromatic N) is 2. The number of amides is 1. The Morgan fingerprint density at radius 2 is 2.14 bits per heavy atom. The third kappa shape index (κ3) is 6.08. The molecule has 0 aliphatic carbocycles. The van der Waals surface area contributed by atoms with Crippen LogP contribution in [0.2, 0.25) is 0 Å². The highest BCUT2D eigenvalue weighted by Crippen LogP contribution is 2.32. The Kier molecular flexibility index (Phi) is 7.28. The quantitative estimate of drug-likeness (QED) is 0.472. The molecule has 0 bridgehead atoms. The van der Waals surface area contributed by atoms with E-state index in [9.17, 15) is 4.79 Å². The number of carbonyl (C=O) groups excluding carboxylic acids is 1. The zero-order chi connectivity index (χ0) is 20.6. The molecule has 0 fully saturated rings. The maximum atomic E-state index is 12.8. The topological polar surface area (TPSA) is 75.0 Å². The Bertz CT molecular complexity index is 1030. The molecule has 0 spiro atoms. The van der Waals surface area contributed by atoms with Gasteiger partial charge in [-0.3, -0.25) is 4.79 Å². The van der Waals surface area contributed by atoms with Crippen LogP contribution in [0.1, 0.15) is 34.4 Å². The highest BCUT2D eigenvalue weighted by molar-refractivity contribution is 8.00. The molecule has 0 aliphatic rings. The zero-order valence-electron chi connectivity index (χ0n) is 16.2. The molecule has 5 nitrogen and oxygen atoms in total. The van der Waals surface area contributed by atoms with Crippen LogP contribution in [0.4, 0.5) is 5.69 Å². The Balaban J connectivity index is 1.67. The molecule has 3 aromatic rings. The smallest absolute Gasteiger partial charge is 0.255 e. The van der Waals surface area contributed by atoms with Crippen LogP contribution in [-0.2, 0) is 6.61 Å². The average molecular weight is 424 g/mol. The molecule has 2 aromatic carbocycles. The standard InChI is InChI=1S/C22H21N3O2S2/c1-15(10-11-23)29-21-9-4-3-8-20(21)25-22(26)17-6-5-7-19(12-17)27-13-18-14-28-16(2)24-18/h3-9,12,14-15H,10,13H2,1-2H3,(H,25,26). The van der Waals surface area contributed by atoms with Gasteiger partial charge in [0, 0.05) is 27.5 Å². The van der Waals surface area contributed by atoms with Crippen molar-refractivity contribution in [1.29, 1.82) is 5.26 Å². The number of nitrogens with one attached hydrogen (secondary N) is 1. The van der Waals surface area contributed by atoms with E-state index in [1.165, 1.54) is 0 Å². The SMILES string of the molecule is Cc1nc(COc2cccc(C(=O)Nc3ccccc3SC(C)CC#N)c2)cs1. The number of hydrogen-bond donors (Lipinski definition) is 1. The summed E-state index contributed by atoms with van der Waals surface area (Å²) >= 11 is 3.16. The number of benzene rings is 2. The van der Waals surface area contributed by atoms with Crippen molar-refractivity contribution in [1.82, 2.24) is 4.98 Å². The van der Waals surface area contributed by atoms with Crippen LogP contribution in [0.25, 0.3) is 0 Å². The summed E-state index contributed by atoms with van der Waals surface area (Å²) in [5.41, 5.74) is 2.12. The zero-order valence-corrected chi connectivity index (χ0v) is 17.8. The number of aryl methyl sites for hydroxylation is 1. The van der Waals surface area contributed by atoms with E-state index in [0.29, 0.717) is 24.3 Å². The van der Waals surface area contributed by atoms with Crippen LogP contribution < -0.4 is 10.1 Å². The van der Waals surface area contributed by atoms with Gasteiger partial charge in [0.15, 0.2) is 0 Å². The van der Waals surface area contributed by atoms with Crippen molar-refractivity contribution < 1.29 is 9.53 Å². The lowest BCUT2D eigenvalue weighted by atomic mass is 10.2. The summed E-state index contributed by atoms with van der Waals surface area (Å²) in [5, 5.41) is 14.9. The lowest BCUT2D eigenvalue weighted by Crippen LogP contribution is -2.13. The summed E-state index contributed by atoms with van der Waals surface area (Å²) in [6, 6.07) is 16.9. The Morgan fingerprint density at radius 3 is 2.90 bits per heavy atom. The molecule has 1 heterocycles. The van der Waals surface area contributed by atoms with E-state index in [1.807, 2.05) is 49.6 Å². The van der Waals surface area contributed by atoms with Crippen LogP contribution in [0, 0.1) is 18.3 Å². The minimum atomic E-state index is -0.207. The second-order valence-electron chi connectivity index (χ2n) is 6.42.